The van der Waals surface area contributed by atoms with Crippen LogP contribution in [0.4, 0.5) is 0 Å². The number of hydrogen-bond donors (Lipinski definition) is 1. The fraction of sp³-hybridized carbons (Fsp3) is 0.316. The maximum atomic E-state index is 12.7. The molecule has 3 heterocycles. The van der Waals surface area contributed by atoms with Gasteiger partial charge in [0.25, 0.3) is 0 Å². The smallest absolute Gasteiger partial charge is 0.223 e. The summed E-state index contributed by atoms with van der Waals surface area (Å²) in [6, 6.07) is 10.5. The standard InChI is InChI=1S/C19H20N2OS/c22-19(21-8-3-4-9-21)11-16(14-7-10-23-13-14)17-12-20-18-6-2-1-5-15(17)18/h1-2,5-7,10,12-13,16,20H,3-4,8-9,11H2. The van der Waals surface area contributed by atoms with Crippen LogP contribution in [0.15, 0.2) is 47.3 Å². The van der Waals surface area contributed by atoms with Gasteiger partial charge in [0, 0.05) is 42.5 Å². The van der Waals surface area contributed by atoms with Crippen molar-refractivity contribution in [3.8, 4) is 0 Å². The number of aromatic amines is 1. The number of carbonyl (C=O) groups is 1. The molecule has 4 heteroatoms. The first-order chi connectivity index (χ1) is 11.3. The molecule has 4 rings (SSSR count). The Balaban J connectivity index is 1.70. The third kappa shape index (κ3) is 2.79. The molecule has 2 aromatic heterocycles. The van der Waals surface area contributed by atoms with E-state index in [0.717, 1.165) is 31.4 Å². The Morgan fingerprint density at radius 2 is 2.04 bits per heavy atom. The first-order valence-corrected chi connectivity index (χ1v) is 9.13. The van der Waals surface area contributed by atoms with Gasteiger partial charge in [0.05, 0.1) is 0 Å². The summed E-state index contributed by atoms with van der Waals surface area (Å²) in [6.07, 6.45) is 4.91. The van der Waals surface area contributed by atoms with Gasteiger partial charge in [0.15, 0.2) is 0 Å². The zero-order valence-corrected chi connectivity index (χ0v) is 13.8. The van der Waals surface area contributed by atoms with Gasteiger partial charge in [-0.3, -0.25) is 4.79 Å². The minimum Gasteiger partial charge on any atom is -0.361 e. The molecule has 1 aromatic carbocycles. The lowest BCUT2D eigenvalue weighted by molar-refractivity contribution is -0.130. The summed E-state index contributed by atoms with van der Waals surface area (Å²) in [5.41, 5.74) is 3.61. The molecule has 1 unspecified atom stereocenters. The van der Waals surface area contributed by atoms with Crippen molar-refractivity contribution < 1.29 is 4.79 Å². The first kappa shape index (κ1) is 14.5. The van der Waals surface area contributed by atoms with Gasteiger partial charge in [0.1, 0.15) is 0 Å². The Bertz CT molecular complexity index is 800. The second-order valence-electron chi connectivity index (χ2n) is 6.19. The van der Waals surface area contributed by atoms with Crippen molar-refractivity contribution in [2.24, 2.45) is 0 Å². The van der Waals surface area contributed by atoms with Gasteiger partial charge in [-0.25, -0.2) is 0 Å². The lowest BCUT2D eigenvalue weighted by atomic mass is 9.89. The summed E-state index contributed by atoms with van der Waals surface area (Å²) in [6.45, 7) is 1.84. The van der Waals surface area contributed by atoms with Crippen molar-refractivity contribution in [3.63, 3.8) is 0 Å². The molecular formula is C19H20N2OS. The van der Waals surface area contributed by atoms with Crippen LogP contribution in [0.3, 0.4) is 0 Å². The van der Waals surface area contributed by atoms with Crippen LogP contribution in [-0.2, 0) is 4.79 Å². The summed E-state index contributed by atoms with van der Waals surface area (Å²) in [7, 11) is 0. The molecule has 1 fully saturated rings. The van der Waals surface area contributed by atoms with E-state index in [9.17, 15) is 4.79 Å². The van der Waals surface area contributed by atoms with Crippen LogP contribution in [0, 0.1) is 0 Å². The molecular weight excluding hydrogens is 304 g/mol. The van der Waals surface area contributed by atoms with Crippen LogP contribution in [0.25, 0.3) is 10.9 Å². The Labute approximate surface area is 139 Å². The highest BCUT2D eigenvalue weighted by Gasteiger charge is 2.25. The molecule has 0 radical (unpaired) electrons. The number of H-pyrrole nitrogens is 1. The average molecular weight is 324 g/mol. The van der Waals surface area contributed by atoms with Gasteiger partial charge < -0.3 is 9.88 Å². The van der Waals surface area contributed by atoms with Crippen molar-refractivity contribution in [2.75, 3.05) is 13.1 Å². The van der Waals surface area contributed by atoms with E-state index in [0.29, 0.717) is 6.42 Å². The van der Waals surface area contributed by atoms with Crippen LogP contribution in [-0.4, -0.2) is 28.9 Å². The van der Waals surface area contributed by atoms with Gasteiger partial charge in [-0.15, -0.1) is 0 Å². The first-order valence-electron chi connectivity index (χ1n) is 8.19. The number of hydrogen-bond acceptors (Lipinski definition) is 2. The second kappa shape index (κ2) is 6.20. The molecule has 1 atom stereocenters. The van der Waals surface area contributed by atoms with Crippen molar-refractivity contribution >= 4 is 28.1 Å². The van der Waals surface area contributed by atoms with Crippen LogP contribution in [0.1, 0.15) is 36.3 Å². The molecule has 3 nitrogen and oxygen atoms in total. The van der Waals surface area contributed by atoms with Crippen LogP contribution >= 0.6 is 11.3 Å². The molecule has 3 aromatic rings. The number of nitrogens with zero attached hydrogens (tertiary/aromatic N) is 1. The average Bonchev–Trinajstić information content (AvgIpc) is 3.33. The highest BCUT2D eigenvalue weighted by molar-refractivity contribution is 7.08. The van der Waals surface area contributed by atoms with Crippen LogP contribution < -0.4 is 0 Å². The van der Waals surface area contributed by atoms with Crippen molar-refractivity contribution in [1.29, 1.82) is 0 Å². The van der Waals surface area contributed by atoms with Crippen molar-refractivity contribution in [3.05, 3.63) is 58.4 Å². The number of para-hydroxylation sites is 1. The summed E-state index contributed by atoms with van der Waals surface area (Å²) in [5.74, 6) is 0.412. The van der Waals surface area contributed by atoms with E-state index < -0.39 is 0 Å². The minimum absolute atomic E-state index is 0.130. The van der Waals surface area contributed by atoms with E-state index in [-0.39, 0.29) is 11.8 Å². The Morgan fingerprint density at radius 1 is 1.22 bits per heavy atom. The lowest BCUT2D eigenvalue weighted by Gasteiger charge is -2.20. The Kier molecular flexibility index (Phi) is 3.92. The Hall–Kier alpha value is -2.07. The third-order valence-electron chi connectivity index (χ3n) is 4.78. The number of aromatic nitrogens is 1. The fourth-order valence-electron chi connectivity index (χ4n) is 3.53. The molecule has 1 amide bonds. The SMILES string of the molecule is O=C(CC(c1ccsc1)c1c[nH]c2ccccc12)N1CCCC1. The summed E-state index contributed by atoms with van der Waals surface area (Å²) >= 11 is 1.69. The number of likely N-dealkylation sites (tertiary alicyclic amines) is 1. The van der Waals surface area contributed by atoms with E-state index in [1.54, 1.807) is 11.3 Å². The van der Waals surface area contributed by atoms with E-state index in [1.807, 2.05) is 11.0 Å². The fourth-order valence-corrected chi connectivity index (χ4v) is 4.25. The highest BCUT2D eigenvalue weighted by Crippen LogP contribution is 2.35. The highest BCUT2D eigenvalue weighted by atomic mass is 32.1. The van der Waals surface area contributed by atoms with Gasteiger partial charge in [-0.1, -0.05) is 18.2 Å². The van der Waals surface area contributed by atoms with E-state index in [2.05, 4.69) is 46.2 Å². The number of benzene rings is 1. The molecule has 1 saturated heterocycles. The van der Waals surface area contributed by atoms with Crippen LogP contribution in [0.5, 0.6) is 0 Å². The lowest BCUT2D eigenvalue weighted by Crippen LogP contribution is -2.29. The van der Waals surface area contributed by atoms with E-state index in [4.69, 9.17) is 0 Å². The molecule has 0 saturated carbocycles. The van der Waals surface area contributed by atoms with Gasteiger partial charge in [-0.05, 0) is 46.9 Å². The summed E-state index contributed by atoms with van der Waals surface area (Å²) in [5, 5.41) is 5.49. The number of nitrogens with one attached hydrogen (secondary N) is 1. The number of rotatable bonds is 4. The zero-order valence-electron chi connectivity index (χ0n) is 13.0. The molecule has 0 bridgehead atoms. The topological polar surface area (TPSA) is 36.1 Å². The van der Waals surface area contributed by atoms with Gasteiger partial charge in [0.2, 0.25) is 5.91 Å². The molecule has 1 aliphatic heterocycles. The predicted molar refractivity (Wildman–Crippen MR) is 94.9 cm³/mol. The molecule has 118 valence electrons. The largest absolute Gasteiger partial charge is 0.361 e. The number of fused-ring (bicyclic) bond motifs is 1. The van der Waals surface area contributed by atoms with E-state index in [1.165, 1.54) is 16.5 Å². The second-order valence-corrected chi connectivity index (χ2v) is 6.97. The van der Waals surface area contributed by atoms with Crippen LogP contribution in [0.2, 0.25) is 0 Å². The third-order valence-corrected chi connectivity index (χ3v) is 5.48. The monoisotopic (exact) mass is 324 g/mol. The van der Waals surface area contributed by atoms with Crippen molar-refractivity contribution in [1.82, 2.24) is 9.88 Å². The zero-order chi connectivity index (χ0) is 15.6. The predicted octanol–water partition coefficient (Wildman–Crippen LogP) is 4.37. The molecule has 0 aliphatic carbocycles. The van der Waals surface area contributed by atoms with E-state index >= 15 is 0 Å². The quantitative estimate of drug-likeness (QED) is 0.760. The molecule has 1 aliphatic rings. The van der Waals surface area contributed by atoms with Gasteiger partial charge >= 0.3 is 0 Å². The normalized spacial score (nSPS) is 16.1. The minimum atomic E-state index is 0.130. The number of thiophene rings is 1. The van der Waals surface area contributed by atoms with Gasteiger partial charge in [-0.2, -0.15) is 11.3 Å². The molecule has 0 spiro atoms. The maximum Gasteiger partial charge on any atom is 0.223 e. The van der Waals surface area contributed by atoms with Crippen molar-refractivity contribution in [2.45, 2.75) is 25.2 Å². The number of carbonyl (C=O) groups excluding carboxylic acids is 1. The Morgan fingerprint density at radius 3 is 2.83 bits per heavy atom. The summed E-state index contributed by atoms with van der Waals surface area (Å²) < 4.78 is 0. The maximum absolute atomic E-state index is 12.7. The summed E-state index contributed by atoms with van der Waals surface area (Å²) in [4.78, 5) is 18.1. The molecule has 23 heavy (non-hydrogen) atoms. The number of amides is 1. The molecule has 1 N–H and O–H groups in total.